The number of hydrogen-bond donors (Lipinski definition) is 3. The van der Waals surface area contributed by atoms with Crippen molar-refractivity contribution in [2.75, 3.05) is 24.1 Å². The van der Waals surface area contributed by atoms with E-state index in [2.05, 4.69) is 32.5 Å². The van der Waals surface area contributed by atoms with Crippen LogP contribution in [0.25, 0.3) is 27.5 Å². The summed E-state index contributed by atoms with van der Waals surface area (Å²) in [6.45, 7) is 11.5. The maximum Gasteiger partial charge on any atom is 1.00 e. The summed E-state index contributed by atoms with van der Waals surface area (Å²) < 4.78 is 80.1. The molecule has 4 N–H and O–H groups in total. The Bertz CT molecular complexity index is 1700. The van der Waals surface area contributed by atoms with Gasteiger partial charge in [-0.1, -0.05) is 38.6 Å². The maximum absolute atomic E-state index is 16.5. The van der Waals surface area contributed by atoms with Crippen LogP contribution in [0.3, 0.4) is 0 Å². The molecule has 1 atom stereocenters. The standard InChI is InChI=1S/C31H30F5N6O.C2H6.K/c1-16-10-17(2)43-30-22(15-38-8-9-39-16)28(41-14-19-11-20-6-4-5-7-24(20)40-13-19)27(33)29(42-30)21-12-23(37)26(32)18(3)25(21)31(34,35)36;1-2;/h4-7,11-13,17,39H,1,8-10,14-15,37H2,2-3H3,(H,41,42);1-2H3;/q-1;;+1. The van der Waals surface area contributed by atoms with E-state index < -0.39 is 52.0 Å². The van der Waals surface area contributed by atoms with Crippen LogP contribution in [-0.2, 0) is 19.3 Å². The van der Waals surface area contributed by atoms with Gasteiger partial charge in [-0.25, -0.2) is 13.8 Å². The number of nitrogen functional groups attached to an aromatic ring is 1. The molecule has 1 aliphatic rings. The summed E-state index contributed by atoms with van der Waals surface area (Å²) in [6.07, 6.45) is -3.57. The Morgan fingerprint density at radius 3 is 2.59 bits per heavy atom. The fourth-order valence-electron chi connectivity index (χ4n) is 5.11. The zero-order valence-corrected chi connectivity index (χ0v) is 29.7. The number of alkyl halides is 3. The molecule has 4 aromatic rings. The molecule has 240 valence electrons. The van der Waals surface area contributed by atoms with Crippen LogP contribution in [-0.4, -0.2) is 29.2 Å². The first-order chi connectivity index (χ1) is 21.4. The summed E-state index contributed by atoms with van der Waals surface area (Å²) in [5.41, 5.74) is 3.90. The van der Waals surface area contributed by atoms with Crippen molar-refractivity contribution in [1.29, 1.82) is 0 Å². The molecule has 7 nitrogen and oxygen atoms in total. The molecule has 0 aliphatic carbocycles. The van der Waals surface area contributed by atoms with Crippen LogP contribution in [0.2, 0.25) is 0 Å². The number of para-hydroxylation sites is 1. The molecular formula is C33H36F5KN6O. The van der Waals surface area contributed by atoms with Gasteiger partial charge in [-0.05, 0) is 49.7 Å². The van der Waals surface area contributed by atoms with Gasteiger partial charge >= 0.3 is 57.6 Å². The van der Waals surface area contributed by atoms with Gasteiger partial charge in [-0.3, -0.25) is 4.98 Å². The van der Waals surface area contributed by atoms with Gasteiger partial charge in [0.25, 0.3) is 0 Å². The Morgan fingerprint density at radius 1 is 1.15 bits per heavy atom. The molecule has 0 spiro atoms. The quantitative estimate of drug-likeness (QED) is 0.156. The van der Waals surface area contributed by atoms with E-state index in [9.17, 15) is 17.6 Å². The molecule has 0 bridgehead atoms. The summed E-state index contributed by atoms with van der Waals surface area (Å²) in [7, 11) is 0. The van der Waals surface area contributed by atoms with Gasteiger partial charge in [-0.2, -0.15) is 13.2 Å². The molecule has 1 aliphatic heterocycles. The largest absolute Gasteiger partial charge is 1.00 e. The molecule has 0 amide bonds. The summed E-state index contributed by atoms with van der Waals surface area (Å²) >= 11 is 0. The van der Waals surface area contributed by atoms with Crippen molar-refractivity contribution in [3.63, 3.8) is 0 Å². The molecule has 0 saturated carbocycles. The third-order valence-electron chi connectivity index (χ3n) is 7.14. The van der Waals surface area contributed by atoms with Crippen LogP contribution in [0.5, 0.6) is 5.88 Å². The Labute approximate surface area is 308 Å². The number of nitrogens with one attached hydrogen (secondary N) is 2. The normalized spacial score (nSPS) is 15.2. The smallest absolute Gasteiger partial charge is 0.657 e. The van der Waals surface area contributed by atoms with Crippen molar-refractivity contribution in [2.45, 2.75) is 59.5 Å². The van der Waals surface area contributed by atoms with Crippen LogP contribution in [0.4, 0.5) is 33.3 Å². The van der Waals surface area contributed by atoms with Gasteiger partial charge in [0.1, 0.15) is 17.6 Å². The number of pyridine rings is 2. The summed E-state index contributed by atoms with van der Waals surface area (Å²) in [5.74, 6) is -2.41. The summed E-state index contributed by atoms with van der Waals surface area (Å²) in [5, 5.41) is 11.5. The van der Waals surface area contributed by atoms with Gasteiger partial charge in [0.2, 0.25) is 5.88 Å². The van der Waals surface area contributed by atoms with E-state index >= 15 is 4.39 Å². The zero-order valence-electron chi connectivity index (χ0n) is 26.6. The molecule has 0 fully saturated rings. The maximum atomic E-state index is 16.5. The van der Waals surface area contributed by atoms with Crippen molar-refractivity contribution in [2.24, 2.45) is 0 Å². The van der Waals surface area contributed by atoms with Gasteiger partial charge in [0, 0.05) is 41.4 Å². The average molecular weight is 667 g/mol. The van der Waals surface area contributed by atoms with Crippen molar-refractivity contribution in [3.8, 4) is 17.1 Å². The topological polar surface area (TPSA) is 99.2 Å². The second-order valence-electron chi connectivity index (χ2n) is 10.4. The molecule has 1 unspecified atom stereocenters. The molecule has 2 aromatic carbocycles. The van der Waals surface area contributed by atoms with Crippen LogP contribution in [0.1, 0.15) is 49.4 Å². The van der Waals surface area contributed by atoms with Gasteiger partial charge in [0.05, 0.1) is 22.5 Å². The van der Waals surface area contributed by atoms with Crippen LogP contribution >= 0.6 is 0 Å². The van der Waals surface area contributed by atoms with Crippen molar-refractivity contribution >= 4 is 22.3 Å². The van der Waals surface area contributed by atoms with Crippen molar-refractivity contribution in [3.05, 3.63) is 94.1 Å². The minimum atomic E-state index is -5.03. The first-order valence-corrected chi connectivity index (χ1v) is 14.6. The fourth-order valence-corrected chi connectivity index (χ4v) is 5.11. The first-order valence-electron chi connectivity index (χ1n) is 14.6. The number of anilines is 2. The van der Waals surface area contributed by atoms with E-state index in [1.807, 2.05) is 44.2 Å². The Balaban J connectivity index is 0.00000188. The van der Waals surface area contributed by atoms with E-state index in [0.717, 1.165) is 23.9 Å². The fraction of sp³-hybridized carbons (Fsp3) is 0.333. The number of nitrogens with zero attached hydrogens (tertiary/aromatic N) is 3. The minimum absolute atomic E-state index is 0. The summed E-state index contributed by atoms with van der Waals surface area (Å²) in [4.78, 5) is 8.70. The number of hydrogen-bond acceptors (Lipinski definition) is 6. The molecule has 13 heteroatoms. The van der Waals surface area contributed by atoms with Crippen molar-refractivity contribution < 1.29 is 78.1 Å². The first kappa shape index (κ1) is 37.6. The van der Waals surface area contributed by atoms with E-state index in [4.69, 9.17) is 10.5 Å². The number of halogens is 5. The van der Waals surface area contributed by atoms with E-state index in [0.29, 0.717) is 30.8 Å². The molecule has 0 saturated heterocycles. The predicted molar refractivity (Wildman–Crippen MR) is 168 cm³/mol. The van der Waals surface area contributed by atoms with E-state index in [-0.39, 0.29) is 81.6 Å². The van der Waals surface area contributed by atoms with E-state index in [1.54, 1.807) is 13.1 Å². The number of ether oxygens (including phenoxy) is 1. The van der Waals surface area contributed by atoms with Crippen LogP contribution in [0.15, 0.2) is 54.9 Å². The van der Waals surface area contributed by atoms with Crippen LogP contribution in [0, 0.1) is 18.6 Å². The Morgan fingerprint density at radius 2 is 1.87 bits per heavy atom. The molecule has 0 radical (unpaired) electrons. The monoisotopic (exact) mass is 666 g/mol. The number of nitrogens with two attached hydrogens (primary N) is 1. The second-order valence-corrected chi connectivity index (χ2v) is 10.4. The Kier molecular flexibility index (Phi) is 13.4. The molecule has 46 heavy (non-hydrogen) atoms. The third kappa shape index (κ3) is 8.55. The van der Waals surface area contributed by atoms with Gasteiger partial charge in [-0.15, -0.1) is 13.1 Å². The van der Waals surface area contributed by atoms with Gasteiger partial charge in [0.15, 0.2) is 5.82 Å². The minimum Gasteiger partial charge on any atom is -0.657 e. The Hall–Kier alpha value is -2.81. The van der Waals surface area contributed by atoms with Gasteiger partial charge < -0.3 is 26.4 Å². The third-order valence-corrected chi connectivity index (χ3v) is 7.14. The average Bonchev–Trinajstić information content (AvgIpc) is 3.03. The molecule has 5 rings (SSSR count). The zero-order chi connectivity index (χ0) is 32.9. The number of aromatic nitrogens is 2. The molecular weight excluding hydrogens is 630 g/mol. The van der Waals surface area contributed by atoms with Crippen LogP contribution < -0.4 is 72.5 Å². The number of rotatable bonds is 4. The van der Waals surface area contributed by atoms with Crippen molar-refractivity contribution in [1.82, 2.24) is 15.3 Å². The van der Waals surface area contributed by atoms with E-state index in [1.165, 1.54) is 0 Å². The predicted octanol–water partition coefficient (Wildman–Crippen LogP) is 5.27. The second kappa shape index (κ2) is 16.3. The molecule has 3 heterocycles. The number of benzene rings is 2. The number of fused-ring (bicyclic) bond motifs is 2. The summed E-state index contributed by atoms with van der Waals surface area (Å²) in [6, 6.07) is 10.1. The molecule has 2 aromatic heterocycles. The SMILES string of the molecule is C=C1CC(C)Oc2nc(-c3cc(N)c(F)c(C)c3C(F)(F)F)c(F)c(NCc3cnc4ccccc4c3)c2C[N-]CCN1.CC.[K+].